The summed E-state index contributed by atoms with van der Waals surface area (Å²) in [5.41, 5.74) is 0.358. The number of hydrogen-bond acceptors (Lipinski definition) is 3. The van der Waals surface area contributed by atoms with Gasteiger partial charge in [-0.3, -0.25) is 9.59 Å². The molecule has 0 radical (unpaired) electrons. The number of carbonyl (C=O) groups excluding carboxylic acids is 2. The van der Waals surface area contributed by atoms with Gasteiger partial charge in [0.05, 0.1) is 5.69 Å². The number of amides is 2. The van der Waals surface area contributed by atoms with E-state index in [-0.39, 0.29) is 41.4 Å². The molecule has 1 aromatic rings. The first-order valence-electron chi connectivity index (χ1n) is 7.54. The first-order valence-corrected chi connectivity index (χ1v) is 7.54. The molecule has 1 heterocycles. The average Bonchev–Trinajstić information content (AvgIpc) is 2.38. The first kappa shape index (κ1) is 19.4. The predicted octanol–water partition coefficient (Wildman–Crippen LogP) is 2.18. The molecule has 5 nitrogen and oxygen atoms in total. The lowest BCUT2D eigenvalue weighted by atomic mass is 10.0. The Morgan fingerprint density at radius 1 is 1.35 bits per heavy atom. The van der Waals surface area contributed by atoms with Crippen LogP contribution in [0.1, 0.15) is 30.6 Å². The van der Waals surface area contributed by atoms with Gasteiger partial charge in [-0.2, -0.15) is 0 Å². The smallest absolute Gasteiger partial charge is 0.251 e. The van der Waals surface area contributed by atoms with Gasteiger partial charge >= 0.3 is 0 Å². The molecule has 0 aliphatic carbocycles. The highest BCUT2D eigenvalue weighted by atomic mass is 35.5. The van der Waals surface area contributed by atoms with Crippen LogP contribution >= 0.6 is 12.4 Å². The van der Waals surface area contributed by atoms with E-state index in [0.717, 1.165) is 19.2 Å². The highest BCUT2D eigenvalue weighted by Crippen LogP contribution is 2.17. The van der Waals surface area contributed by atoms with Gasteiger partial charge in [-0.15, -0.1) is 12.4 Å². The Balaban J connectivity index is 0.00000264. The number of halogens is 2. The number of hydrogen-bond donors (Lipinski definition) is 3. The number of anilines is 1. The third-order valence-electron chi connectivity index (χ3n) is 3.52. The summed E-state index contributed by atoms with van der Waals surface area (Å²) in [6.07, 6.45) is 0.330. The van der Waals surface area contributed by atoms with Gasteiger partial charge < -0.3 is 16.0 Å². The number of benzene rings is 1. The van der Waals surface area contributed by atoms with E-state index in [9.17, 15) is 14.0 Å². The predicted molar refractivity (Wildman–Crippen MR) is 90.4 cm³/mol. The van der Waals surface area contributed by atoms with Crippen LogP contribution in [0.25, 0.3) is 0 Å². The lowest BCUT2D eigenvalue weighted by Crippen LogP contribution is -2.48. The standard InChI is InChI=1S/C16H22FN3O2.ClH/c1-10(2)5-15(21)20-14-4-3-12(6-13(14)17)16(22)19-9-11-7-18-8-11;/h3-4,6,10-11,18H,5,7-9H2,1-2H3,(H,19,22)(H,20,21);1H. The lowest BCUT2D eigenvalue weighted by molar-refractivity contribution is -0.116. The summed E-state index contributed by atoms with van der Waals surface area (Å²) in [5.74, 6) is -0.484. The second-order valence-electron chi connectivity index (χ2n) is 6.08. The molecule has 23 heavy (non-hydrogen) atoms. The van der Waals surface area contributed by atoms with Crippen molar-refractivity contribution >= 4 is 29.9 Å². The van der Waals surface area contributed by atoms with Crippen molar-refractivity contribution in [2.24, 2.45) is 11.8 Å². The maximum absolute atomic E-state index is 14.0. The Hall–Kier alpha value is -1.66. The van der Waals surface area contributed by atoms with Crippen molar-refractivity contribution in [1.29, 1.82) is 0 Å². The maximum atomic E-state index is 14.0. The zero-order valence-electron chi connectivity index (χ0n) is 13.3. The molecule has 128 valence electrons. The largest absolute Gasteiger partial charge is 0.352 e. The summed E-state index contributed by atoms with van der Waals surface area (Å²) >= 11 is 0. The van der Waals surface area contributed by atoms with Crippen LogP contribution in [0.3, 0.4) is 0 Å². The SMILES string of the molecule is CC(C)CC(=O)Nc1ccc(C(=O)NCC2CNC2)cc1F.Cl. The fourth-order valence-corrected chi connectivity index (χ4v) is 2.16. The van der Waals surface area contributed by atoms with Crippen LogP contribution in [0.2, 0.25) is 0 Å². The second-order valence-corrected chi connectivity index (χ2v) is 6.08. The third kappa shape index (κ3) is 5.80. The molecule has 0 unspecified atom stereocenters. The molecule has 1 aliphatic heterocycles. The zero-order chi connectivity index (χ0) is 16.1. The van der Waals surface area contributed by atoms with E-state index in [1.54, 1.807) is 0 Å². The van der Waals surface area contributed by atoms with Crippen LogP contribution in [-0.2, 0) is 4.79 Å². The summed E-state index contributed by atoms with van der Waals surface area (Å²) in [4.78, 5) is 23.6. The minimum atomic E-state index is -0.602. The van der Waals surface area contributed by atoms with Crippen LogP contribution in [0.5, 0.6) is 0 Å². The number of nitrogens with one attached hydrogen (secondary N) is 3. The molecule has 1 aliphatic rings. The normalized spacial score (nSPS) is 13.9. The van der Waals surface area contributed by atoms with Crippen molar-refractivity contribution in [2.75, 3.05) is 25.0 Å². The molecule has 1 fully saturated rings. The van der Waals surface area contributed by atoms with Gasteiger partial charge in [0.2, 0.25) is 5.91 Å². The minimum Gasteiger partial charge on any atom is -0.352 e. The number of carbonyl (C=O) groups is 2. The molecule has 1 aromatic carbocycles. The van der Waals surface area contributed by atoms with E-state index < -0.39 is 5.82 Å². The molecule has 3 N–H and O–H groups in total. The van der Waals surface area contributed by atoms with Crippen LogP contribution in [-0.4, -0.2) is 31.4 Å². The minimum absolute atomic E-state index is 0. The van der Waals surface area contributed by atoms with Crippen molar-refractivity contribution < 1.29 is 14.0 Å². The molecule has 7 heteroatoms. The molecule has 0 saturated carbocycles. The Labute approximate surface area is 141 Å². The Morgan fingerprint density at radius 3 is 2.57 bits per heavy atom. The topological polar surface area (TPSA) is 70.2 Å². The molecule has 0 atom stereocenters. The molecular formula is C16H23ClFN3O2. The van der Waals surface area contributed by atoms with Gasteiger partial charge in [-0.25, -0.2) is 4.39 Å². The summed E-state index contributed by atoms with van der Waals surface area (Å²) < 4.78 is 14.0. The van der Waals surface area contributed by atoms with Crippen molar-refractivity contribution in [2.45, 2.75) is 20.3 Å². The van der Waals surface area contributed by atoms with Crippen LogP contribution < -0.4 is 16.0 Å². The molecule has 1 saturated heterocycles. The lowest BCUT2D eigenvalue weighted by Gasteiger charge is -2.27. The summed E-state index contributed by atoms with van der Waals surface area (Å²) in [5, 5.41) is 8.43. The van der Waals surface area contributed by atoms with Crippen molar-refractivity contribution in [3.8, 4) is 0 Å². The second kappa shape index (κ2) is 8.84. The number of rotatable bonds is 6. The first-order chi connectivity index (χ1) is 10.5. The van der Waals surface area contributed by atoms with E-state index in [1.165, 1.54) is 12.1 Å². The van der Waals surface area contributed by atoms with Gasteiger partial charge in [-0.05, 0) is 24.1 Å². The fourth-order valence-electron chi connectivity index (χ4n) is 2.16. The van der Waals surface area contributed by atoms with Crippen molar-refractivity contribution in [3.05, 3.63) is 29.6 Å². The van der Waals surface area contributed by atoms with E-state index in [0.29, 0.717) is 18.9 Å². The van der Waals surface area contributed by atoms with E-state index in [1.807, 2.05) is 13.8 Å². The molecule has 2 rings (SSSR count). The highest BCUT2D eigenvalue weighted by Gasteiger charge is 2.18. The van der Waals surface area contributed by atoms with E-state index >= 15 is 0 Å². The average molecular weight is 344 g/mol. The fraction of sp³-hybridized carbons (Fsp3) is 0.500. The molecule has 2 amide bonds. The quantitative estimate of drug-likeness (QED) is 0.741. The molecule has 0 bridgehead atoms. The zero-order valence-corrected chi connectivity index (χ0v) is 14.1. The van der Waals surface area contributed by atoms with Crippen molar-refractivity contribution in [3.63, 3.8) is 0 Å². The Morgan fingerprint density at radius 2 is 2.04 bits per heavy atom. The van der Waals surface area contributed by atoms with Gasteiger partial charge in [0.25, 0.3) is 5.91 Å². The Bertz CT molecular complexity index is 562. The van der Waals surface area contributed by atoms with Crippen molar-refractivity contribution in [1.82, 2.24) is 10.6 Å². The third-order valence-corrected chi connectivity index (χ3v) is 3.52. The van der Waals surface area contributed by atoms with Crippen LogP contribution in [0, 0.1) is 17.7 Å². The van der Waals surface area contributed by atoms with E-state index in [2.05, 4.69) is 16.0 Å². The highest BCUT2D eigenvalue weighted by molar-refractivity contribution is 5.96. The van der Waals surface area contributed by atoms with Crippen LogP contribution in [0.15, 0.2) is 18.2 Å². The van der Waals surface area contributed by atoms with Gasteiger partial charge in [0, 0.05) is 37.5 Å². The van der Waals surface area contributed by atoms with E-state index in [4.69, 9.17) is 0 Å². The van der Waals surface area contributed by atoms with Gasteiger partial charge in [0.15, 0.2) is 0 Å². The maximum Gasteiger partial charge on any atom is 0.251 e. The summed E-state index contributed by atoms with van der Waals surface area (Å²) in [7, 11) is 0. The van der Waals surface area contributed by atoms with Gasteiger partial charge in [-0.1, -0.05) is 13.8 Å². The molecule has 0 aromatic heterocycles. The monoisotopic (exact) mass is 343 g/mol. The van der Waals surface area contributed by atoms with Gasteiger partial charge in [0.1, 0.15) is 5.82 Å². The summed E-state index contributed by atoms with van der Waals surface area (Å²) in [6, 6.07) is 4.09. The molecule has 0 spiro atoms. The summed E-state index contributed by atoms with van der Waals surface area (Å²) in [6.45, 7) is 6.22. The Kier molecular flexibility index (Phi) is 7.45. The molecular weight excluding hydrogens is 321 g/mol. The van der Waals surface area contributed by atoms with Crippen LogP contribution in [0.4, 0.5) is 10.1 Å².